The van der Waals surface area contributed by atoms with Crippen LogP contribution in [0.5, 0.6) is 0 Å². The lowest BCUT2D eigenvalue weighted by Crippen LogP contribution is -2.22. The highest BCUT2D eigenvalue weighted by Gasteiger charge is 2.02. The largest absolute Gasteiger partial charge is 0.347 e. The average Bonchev–Trinajstić information content (AvgIpc) is 3.02. The predicted molar refractivity (Wildman–Crippen MR) is 72.0 cm³/mol. The maximum atomic E-state index is 11.7. The van der Waals surface area contributed by atoms with Crippen LogP contribution in [0.1, 0.15) is 18.2 Å². The van der Waals surface area contributed by atoms with Gasteiger partial charge in [-0.05, 0) is 19.1 Å². The van der Waals surface area contributed by atoms with Gasteiger partial charge >= 0.3 is 0 Å². The number of carbonyl (C=O) groups is 1. The summed E-state index contributed by atoms with van der Waals surface area (Å²) >= 11 is 0. The van der Waals surface area contributed by atoms with Crippen molar-refractivity contribution in [2.45, 2.75) is 20.0 Å². The quantitative estimate of drug-likeness (QED) is 0.814. The zero-order chi connectivity index (χ0) is 13.7. The molecular weight excluding hydrogens is 242 g/mol. The van der Waals surface area contributed by atoms with Crippen molar-refractivity contribution >= 4 is 12.0 Å². The molecule has 0 unspecified atom stereocenters. The van der Waals surface area contributed by atoms with Gasteiger partial charge in [0.2, 0.25) is 5.91 Å². The molecule has 0 radical (unpaired) electrons. The second kappa shape index (κ2) is 5.99. The zero-order valence-corrected chi connectivity index (χ0v) is 11.1. The van der Waals surface area contributed by atoms with Crippen LogP contribution in [0.2, 0.25) is 0 Å². The molecular formula is C13H17N5O. The predicted octanol–water partition coefficient (Wildman–Crippen LogP) is 0.966. The van der Waals surface area contributed by atoms with Gasteiger partial charge in [-0.2, -0.15) is 10.2 Å². The first-order valence-corrected chi connectivity index (χ1v) is 6.14. The van der Waals surface area contributed by atoms with Crippen molar-refractivity contribution in [1.82, 2.24) is 24.9 Å². The molecule has 0 saturated heterocycles. The SMILES string of the molecule is CCn1nccc1CNC(=O)/C=C/c1cnn(C)c1. The molecule has 0 bridgehead atoms. The first-order chi connectivity index (χ1) is 9.19. The minimum absolute atomic E-state index is 0.132. The first kappa shape index (κ1) is 13.1. The van der Waals surface area contributed by atoms with Crippen molar-refractivity contribution in [2.75, 3.05) is 0 Å². The van der Waals surface area contributed by atoms with Gasteiger partial charge in [0.1, 0.15) is 0 Å². The van der Waals surface area contributed by atoms with E-state index >= 15 is 0 Å². The van der Waals surface area contributed by atoms with Crippen molar-refractivity contribution in [3.63, 3.8) is 0 Å². The molecule has 0 fully saturated rings. The molecule has 6 nitrogen and oxygen atoms in total. The Kier molecular flexibility index (Phi) is 4.12. The van der Waals surface area contributed by atoms with E-state index in [0.29, 0.717) is 6.54 Å². The van der Waals surface area contributed by atoms with Gasteiger partial charge in [0.25, 0.3) is 0 Å². The van der Waals surface area contributed by atoms with Crippen LogP contribution in [-0.2, 0) is 24.9 Å². The number of amides is 1. The molecule has 2 aromatic rings. The Labute approximate surface area is 111 Å². The summed E-state index contributed by atoms with van der Waals surface area (Å²) in [6.45, 7) is 3.29. The molecule has 2 aromatic heterocycles. The van der Waals surface area contributed by atoms with Crippen LogP contribution >= 0.6 is 0 Å². The standard InChI is InChI=1S/C13H17N5O/c1-3-18-12(6-7-15-18)9-14-13(19)5-4-11-8-16-17(2)10-11/h4-8,10H,3,9H2,1-2H3,(H,14,19)/b5-4+. The highest BCUT2D eigenvalue weighted by atomic mass is 16.1. The van der Waals surface area contributed by atoms with Gasteiger partial charge in [0, 0.05) is 37.6 Å². The van der Waals surface area contributed by atoms with E-state index in [-0.39, 0.29) is 5.91 Å². The summed E-state index contributed by atoms with van der Waals surface area (Å²) in [7, 11) is 1.84. The molecule has 0 aliphatic rings. The number of aromatic nitrogens is 4. The topological polar surface area (TPSA) is 64.7 Å². The summed E-state index contributed by atoms with van der Waals surface area (Å²) in [5, 5.41) is 11.0. The van der Waals surface area contributed by atoms with Crippen LogP contribution in [0.15, 0.2) is 30.7 Å². The molecule has 1 N–H and O–H groups in total. The Bertz CT molecular complexity index is 581. The fourth-order valence-corrected chi connectivity index (χ4v) is 1.73. The van der Waals surface area contributed by atoms with E-state index in [1.165, 1.54) is 6.08 Å². The van der Waals surface area contributed by atoms with Crippen LogP contribution in [-0.4, -0.2) is 25.5 Å². The number of aryl methyl sites for hydroxylation is 2. The molecule has 100 valence electrons. The Balaban J connectivity index is 1.86. The molecule has 0 saturated carbocycles. The molecule has 1 amide bonds. The van der Waals surface area contributed by atoms with E-state index in [1.807, 2.05) is 30.9 Å². The van der Waals surface area contributed by atoms with E-state index in [1.54, 1.807) is 23.2 Å². The summed E-state index contributed by atoms with van der Waals surface area (Å²) in [4.78, 5) is 11.7. The van der Waals surface area contributed by atoms with Crippen molar-refractivity contribution in [1.29, 1.82) is 0 Å². The Morgan fingerprint density at radius 2 is 2.32 bits per heavy atom. The van der Waals surface area contributed by atoms with Crippen molar-refractivity contribution < 1.29 is 4.79 Å². The molecule has 0 atom stereocenters. The van der Waals surface area contributed by atoms with Gasteiger partial charge in [0.05, 0.1) is 18.4 Å². The third kappa shape index (κ3) is 3.54. The Morgan fingerprint density at radius 3 is 3.00 bits per heavy atom. The number of carbonyl (C=O) groups excluding carboxylic acids is 1. The highest BCUT2D eigenvalue weighted by molar-refractivity contribution is 5.91. The molecule has 2 rings (SSSR count). The van der Waals surface area contributed by atoms with Crippen LogP contribution in [0.4, 0.5) is 0 Å². The third-order valence-electron chi connectivity index (χ3n) is 2.70. The molecule has 2 heterocycles. The second-order valence-electron chi connectivity index (χ2n) is 4.14. The smallest absolute Gasteiger partial charge is 0.244 e. The minimum atomic E-state index is -0.132. The summed E-state index contributed by atoms with van der Waals surface area (Å²) in [6, 6.07) is 1.90. The summed E-state index contributed by atoms with van der Waals surface area (Å²) in [5.41, 5.74) is 1.89. The van der Waals surface area contributed by atoms with Gasteiger partial charge in [-0.25, -0.2) is 0 Å². The summed E-state index contributed by atoms with van der Waals surface area (Å²) in [5.74, 6) is -0.132. The van der Waals surface area contributed by atoms with Gasteiger partial charge in [0.15, 0.2) is 0 Å². The molecule has 0 aliphatic carbocycles. The first-order valence-electron chi connectivity index (χ1n) is 6.14. The summed E-state index contributed by atoms with van der Waals surface area (Å²) < 4.78 is 3.54. The molecule has 6 heteroatoms. The van der Waals surface area contributed by atoms with E-state index in [2.05, 4.69) is 15.5 Å². The van der Waals surface area contributed by atoms with Crippen molar-refractivity contribution in [3.8, 4) is 0 Å². The maximum absolute atomic E-state index is 11.7. The zero-order valence-electron chi connectivity index (χ0n) is 11.1. The lowest BCUT2D eigenvalue weighted by Gasteiger charge is -2.04. The normalized spacial score (nSPS) is 11.1. The van der Waals surface area contributed by atoms with Crippen LogP contribution in [0, 0.1) is 0 Å². The van der Waals surface area contributed by atoms with Crippen LogP contribution < -0.4 is 5.32 Å². The van der Waals surface area contributed by atoms with Gasteiger partial charge in [-0.1, -0.05) is 0 Å². The van der Waals surface area contributed by atoms with E-state index in [4.69, 9.17) is 0 Å². The number of hydrogen-bond donors (Lipinski definition) is 1. The fraction of sp³-hybridized carbons (Fsp3) is 0.308. The van der Waals surface area contributed by atoms with Crippen LogP contribution in [0.25, 0.3) is 6.08 Å². The number of nitrogens with zero attached hydrogens (tertiary/aromatic N) is 4. The van der Waals surface area contributed by atoms with Crippen molar-refractivity contribution in [3.05, 3.63) is 42.0 Å². The van der Waals surface area contributed by atoms with Crippen molar-refractivity contribution in [2.24, 2.45) is 7.05 Å². The molecule has 0 aliphatic heterocycles. The Morgan fingerprint density at radius 1 is 1.47 bits per heavy atom. The van der Waals surface area contributed by atoms with E-state index in [9.17, 15) is 4.79 Å². The monoisotopic (exact) mass is 259 g/mol. The molecule has 0 aromatic carbocycles. The second-order valence-corrected chi connectivity index (χ2v) is 4.14. The van der Waals surface area contributed by atoms with E-state index < -0.39 is 0 Å². The van der Waals surface area contributed by atoms with Gasteiger partial charge in [-0.15, -0.1) is 0 Å². The van der Waals surface area contributed by atoms with Gasteiger partial charge in [-0.3, -0.25) is 14.2 Å². The lowest BCUT2D eigenvalue weighted by atomic mass is 10.3. The average molecular weight is 259 g/mol. The minimum Gasteiger partial charge on any atom is -0.347 e. The molecule has 19 heavy (non-hydrogen) atoms. The number of nitrogens with one attached hydrogen (secondary N) is 1. The fourth-order valence-electron chi connectivity index (χ4n) is 1.73. The third-order valence-corrected chi connectivity index (χ3v) is 2.70. The van der Waals surface area contributed by atoms with E-state index in [0.717, 1.165) is 17.8 Å². The lowest BCUT2D eigenvalue weighted by molar-refractivity contribution is -0.116. The van der Waals surface area contributed by atoms with Crippen LogP contribution in [0.3, 0.4) is 0 Å². The number of hydrogen-bond acceptors (Lipinski definition) is 3. The molecule has 0 spiro atoms. The highest BCUT2D eigenvalue weighted by Crippen LogP contribution is 2.00. The number of rotatable bonds is 5. The Hall–Kier alpha value is -2.37. The summed E-state index contributed by atoms with van der Waals surface area (Å²) in [6.07, 6.45) is 8.52. The maximum Gasteiger partial charge on any atom is 0.244 e. The van der Waals surface area contributed by atoms with Gasteiger partial charge < -0.3 is 5.32 Å².